The average molecular weight is 223 g/mol. The first-order valence-electron chi connectivity index (χ1n) is 3.89. The zero-order valence-electron chi connectivity index (χ0n) is 7.43. The van der Waals surface area contributed by atoms with Gasteiger partial charge in [-0.25, -0.2) is 0 Å². The third-order valence-electron chi connectivity index (χ3n) is 1.73. The SMILES string of the molecule is Cc1cc(CO)c(Cl)cc1OC(F)F. The number of ether oxygens (including phenoxy) is 1. The van der Waals surface area contributed by atoms with Crippen LogP contribution in [-0.4, -0.2) is 11.7 Å². The quantitative estimate of drug-likeness (QED) is 0.852. The largest absolute Gasteiger partial charge is 0.435 e. The van der Waals surface area contributed by atoms with Gasteiger partial charge in [0.25, 0.3) is 0 Å². The van der Waals surface area contributed by atoms with Crippen molar-refractivity contribution in [2.24, 2.45) is 0 Å². The van der Waals surface area contributed by atoms with Gasteiger partial charge >= 0.3 is 6.61 Å². The molecule has 2 nitrogen and oxygen atoms in total. The molecule has 0 aliphatic rings. The maximum absolute atomic E-state index is 11.9. The van der Waals surface area contributed by atoms with Crippen LogP contribution in [0.25, 0.3) is 0 Å². The molecule has 0 heterocycles. The lowest BCUT2D eigenvalue weighted by Gasteiger charge is -2.10. The summed E-state index contributed by atoms with van der Waals surface area (Å²) in [6, 6.07) is 2.79. The van der Waals surface area contributed by atoms with Gasteiger partial charge in [-0.3, -0.25) is 0 Å². The van der Waals surface area contributed by atoms with E-state index in [1.165, 1.54) is 12.1 Å². The fourth-order valence-electron chi connectivity index (χ4n) is 1.07. The molecule has 0 aliphatic carbocycles. The third kappa shape index (κ3) is 2.56. The van der Waals surface area contributed by atoms with E-state index in [1.807, 2.05) is 0 Å². The van der Waals surface area contributed by atoms with Gasteiger partial charge in [-0.2, -0.15) is 8.78 Å². The fourth-order valence-corrected chi connectivity index (χ4v) is 1.28. The predicted molar refractivity (Wildman–Crippen MR) is 48.7 cm³/mol. The smallest absolute Gasteiger partial charge is 0.387 e. The number of alkyl halides is 2. The van der Waals surface area contributed by atoms with Gasteiger partial charge in [0.05, 0.1) is 6.61 Å². The van der Waals surface area contributed by atoms with E-state index in [0.29, 0.717) is 11.1 Å². The molecule has 0 spiro atoms. The molecular formula is C9H9ClF2O2. The van der Waals surface area contributed by atoms with Gasteiger partial charge in [-0.15, -0.1) is 0 Å². The number of benzene rings is 1. The lowest BCUT2D eigenvalue weighted by molar-refractivity contribution is -0.0502. The van der Waals surface area contributed by atoms with E-state index in [-0.39, 0.29) is 17.4 Å². The van der Waals surface area contributed by atoms with Crippen molar-refractivity contribution in [2.75, 3.05) is 0 Å². The van der Waals surface area contributed by atoms with Crippen molar-refractivity contribution in [1.82, 2.24) is 0 Å². The van der Waals surface area contributed by atoms with Gasteiger partial charge < -0.3 is 9.84 Å². The number of halogens is 3. The average Bonchev–Trinajstić information content (AvgIpc) is 2.10. The van der Waals surface area contributed by atoms with E-state index in [4.69, 9.17) is 16.7 Å². The van der Waals surface area contributed by atoms with Crippen LogP contribution in [0.3, 0.4) is 0 Å². The number of aryl methyl sites for hydroxylation is 1. The second-order valence-corrected chi connectivity index (χ2v) is 3.15. The number of aliphatic hydroxyl groups is 1. The molecule has 1 rings (SSSR count). The zero-order chi connectivity index (χ0) is 10.7. The Morgan fingerprint density at radius 1 is 1.50 bits per heavy atom. The molecule has 5 heteroatoms. The van der Waals surface area contributed by atoms with Gasteiger partial charge in [-0.05, 0) is 30.2 Å². The predicted octanol–water partition coefficient (Wildman–Crippen LogP) is 2.74. The Labute approximate surface area is 85.1 Å². The van der Waals surface area contributed by atoms with E-state index in [0.717, 1.165) is 0 Å². The number of hydrogen-bond acceptors (Lipinski definition) is 2. The van der Waals surface area contributed by atoms with Crippen LogP contribution < -0.4 is 4.74 Å². The third-order valence-corrected chi connectivity index (χ3v) is 2.08. The number of hydrogen-bond donors (Lipinski definition) is 1. The normalized spacial score (nSPS) is 10.7. The first-order valence-corrected chi connectivity index (χ1v) is 4.27. The Morgan fingerprint density at radius 3 is 2.64 bits per heavy atom. The fraction of sp³-hybridized carbons (Fsp3) is 0.333. The second-order valence-electron chi connectivity index (χ2n) is 2.75. The lowest BCUT2D eigenvalue weighted by Crippen LogP contribution is -2.03. The molecule has 0 aliphatic heterocycles. The molecule has 0 amide bonds. The Hall–Kier alpha value is -0.870. The summed E-state index contributed by atoms with van der Waals surface area (Å²) < 4.78 is 28.0. The number of aliphatic hydroxyl groups excluding tert-OH is 1. The monoisotopic (exact) mass is 222 g/mol. The highest BCUT2D eigenvalue weighted by Gasteiger charge is 2.10. The van der Waals surface area contributed by atoms with Gasteiger partial charge in [0, 0.05) is 5.02 Å². The van der Waals surface area contributed by atoms with Crippen LogP contribution in [0.15, 0.2) is 12.1 Å². The Kier molecular flexibility index (Phi) is 3.66. The Morgan fingerprint density at radius 2 is 2.14 bits per heavy atom. The zero-order valence-corrected chi connectivity index (χ0v) is 8.18. The van der Waals surface area contributed by atoms with E-state index in [9.17, 15) is 8.78 Å². The van der Waals surface area contributed by atoms with Gasteiger partial charge in [0.15, 0.2) is 0 Å². The van der Waals surface area contributed by atoms with E-state index >= 15 is 0 Å². The Bertz CT molecular complexity index is 329. The summed E-state index contributed by atoms with van der Waals surface area (Å²) in [6.45, 7) is -1.49. The minimum absolute atomic E-state index is 0.0298. The van der Waals surface area contributed by atoms with Crippen LogP contribution in [0.4, 0.5) is 8.78 Å². The molecule has 0 saturated heterocycles. The molecular weight excluding hydrogens is 214 g/mol. The van der Waals surface area contributed by atoms with Crippen molar-refractivity contribution >= 4 is 11.6 Å². The highest BCUT2D eigenvalue weighted by Crippen LogP contribution is 2.27. The highest BCUT2D eigenvalue weighted by molar-refractivity contribution is 6.31. The summed E-state index contributed by atoms with van der Waals surface area (Å²) in [4.78, 5) is 0. The van der Waals surface area contributed by atoms with Gasteiger partial charge in [-0.1, -0.05) is 11.6 Å². The summed E-state index contributed by atoms with van der Waals surface area (Å²) in [6.07, 6.45) is 0. The molecule has 0 unspecified atom stereocenters. The molecule has 0 atom stereocenters. The van der Waals surface area contributed by atoms with Crippen LogP contribution in [0.1, 0.15) is 11.1 Å². The molecule has 1 aromatic carbocycles. The summed E-state index contributed by atoms with van der Waals surface area (Å²) in [5, 5.41) is 9.06. The molecule has 0 radical (unpaired) electrons. The van der Waals surface area contributed by atoms with Crippen LogP contribution in [0.2, 0.25) is 5.02 Å². The molecule has 78 valence electrons. The van der Waals surface area contributed by atoms with Crippen LogP contribution in [0.5, 0.6) is 5.75 Å². The Balaban J connectivity index is 3.02. The van der Waals surface area contributed by atoms with E-state index < -0.39 is 6.61 Å². The second kappa shape index (κ2) is 4.57. The van der Waals surface area contributed by atoms with Crippen molar-refractivity contribution < 1.29 is 18.6 Å². The number of rotatable bonds is 3. The van der Waals surface area contributed by atoms with Crippen molar-refractivity contribution in [1.29, 1.82) is 0 Å². The molecule has 1 aromatic rings. The first kappa shape index (κ1) is 11.2. The van der Waals surface area contributed by atoms with Crippen LogP contribution in [0, 0.1) is 6.92 Å². The summed E-state index contributed by atoms with van der Waals surface area (Å²) in [7, 11) is 0. The minimum atomic E-state index is -2.87. The van der Waals surface area contributed by atoms with E-state index in [1.54, 1.807) is 6.92 Å². The molecule has 0 saturated carbocycles. The van der Waals surface area contributed by atoms with E-state index in [2.05, 4.69) is 4.74 Å². The van der Waals surface area contributed by atoms with Gasteiger partial charge in [0.1, 0.15) is 5.75 Å². The maximum Gasteiger partial charge on any atom is 0.387 e. The molecule has 0 aromatic heterocycles. The minimum Gasteiger partial charge on any atom is -0.435 e. The van der Waals surface area contributed by atoms with Crippen molar-refractivity contribution in [3.05, 3.63) is 28.3 Å². The summed E-state index contributed by atoms with van der Waals surface area (Å²) in [5.41, 5.74) is 1.00. The maximum atomic E-state index is 11.9. The summed E-state index contributed by atoms with van der Waals surface area (Å²) >= 11 is 5.70. The summed E-state index contributed by atoms with van der Waals surface area (Å²) in [5.74, 6) is 0.0298. The van der Waals surface area contributed by atoms with Gasteiger partial charge in [0.2, 0.25) is 0 Å². The molecule has 0 fully saturated rings. The first-order chi connectivity index (χ1) is 6.54. The molecule has 14 heavy (non-hydrogen) atoms. The van der Waals surface area contributed by atoms with Crippen LogP contribution >= 0.6 is 11.6 Å². The lowest BCUT2D eigenvalue weighted by atomic mass is 10.1. The molecule has 1 N–H and O–H groups in total. The topological polar surface area (TPSA) is 29.5 Å². The standard InChI is InChI=1S/C9H9ClF2O2/c1-5-2-6(4-13)7(10)3-8(5)14-9(11)12/h2-3,9,13H,4H2,1H3. The molecule has 0 bridgehead atoms. The van der Waals surface area contributed by atoms with Crippen molar-refractivity contribution in [2.45, 2.75) is 20.1 Å². The highest BCUT2D eigenvalue weighted by atomic mass is 35.5. The van der Waals surface area contributed by atoms with Crippen molar-refractivity contribution in [3.8, 4) is 5.75 Å². The van der Waals surface area contributed by atoms with Crippen molar-refractivity contribution in [3.63, 3.8) is 0 Å². The van der Waals surface area contributed by atoms with Crippen LogP contribution in [-0.2, 0) is 6.61 Å².